The number of hydrogen-bond donors (Lipinski definition) is 2. The Morgan fingerprint density at radius 1 is 1.41 bits per heavy atom. The highest BCUT2D eigenvalue weighted by atomic mass is 32.1. The van der Waals surface area contributed by atoms with Crippen LogP contribution in [0.25, 0.3) is 0 Å². The molecule has 5 nitrogen and oxygen atoms in total. The van der Waals surface area contributed by atoms with Gasteiger partial charge in [-0.2, -0.15) is 0 Å². The van der Waals surface area contributed by atoms with Gasteiger partial charge in [-0.3, -0.25) is 9.78 Å². The summed E-state index contributed by atoms with van der Waals surface area (Å²) in [5, 5.41) is 14.2. The molecule has 0 spiro atoms. The van der Waals surface area contributed by atoms with Gasteiger partial charge >= 0.3 is 5.97 Å². The number of aromatic nitrogens is 2. The predicted molar refractivity (Wildman–Crippen MR) is 65.0 cm³/mol. The highest BCUT2D eigenvalue weighted by molar-refractivity contribution is 7.13. The molecule has 0 aliphatic heterocycles. The van der Waals surface area contributed by atoms with E-state index in [1.165, 1.54) is 11.3 Å². The molecular formula is C11H11N3O2S. The van der Waals surface area contributed by atoms with Gasteiger partial charge in [0.05, 0.1) is 24.4 Å². The number of carbonyl (C=O) groups is 1. The zero-order chi connectivity index (χ0) is 12.1. The zero-order valence-corrected chi connectivity index (χ0v) is 9.78. The van der Waals surface area contributed by atoms with Crippen molar-refractivity contribution in [1.29, 1.82) is 0 Å². The summed E-state index contributed by atoms with van der Waals surface area (Å²) < 4.78 is 0. The molecule has 0 atom stereocenters. The first-order valence-electron chi connectivity index (χ1n) is 5.04. The number of carboxylic acids is 1. The monoisotopic (exact) mass is 249 g/mol. The molecule has 0 bridgehead atoms. The molecule has 0 radical (unpaired) electrons. The molecule has 0 aliphatic rings. The second-order valence-corrected chi connectivity index (χ2v) is 4.25. The molecular weight excluding hydrogens is 238 g/mol. The molecule has 0 fully saturated rings. The van der Waals surface area contributed by atoms with E-state index in [1.54, 1.807) is 11.6 Å². The standard InChI is InChI=1S/C11H11N3O2S/c15-10(16)5-9-7-17-11(14-9)13-6-8-3-1-2-4-12-8/h1-4,7H,5-6H2,(H,13,14)(H,15,16). The van der Waals surface area contributed by atoms with E-state index >= 15 is 0 Å². The van der Waals surface area contributed by atoms with Gasteiger partial charge in [0.15, 0.2) is 5.13 Å². The van der Waals surface area contributed by atoms with E-state index in [2.05, 4.69) is 15.3 Å². The topological polar surface area (TPSA) is 75.1 Å². The number of carboxylic acid groups (broad SMARTS) is 1. The van der Waals surface area contributed by atoms with Crippen molar-refractivity contribution >= 4 is 22.4 Å². The van der Waals surface area contributed by atoms with Crippen molar-refractivity contribution in [2.75, 3.05) is 5.32 Å². The smallest absolute Gasteiger partial charge is 0.309 e. The first kappa shape index (κ1) is 11.5. The number of hydrogen-bond acceptors (Lipinski definition) is 5. The van der Waals surface area contributed by atoms with Gasteiger partial charge in [0.2, 0.25) is 0 Å². The van der Waals surface area contributed by atoms with Crippen LogP contribution < -0.4 is 5.32 Å². The van der Waals surface area contributed by atoms with E-state index in [9.17, 15) is 4.79 Å². The van der Waals surface area contributed by atoms with E-state index in [4.69, 9.17) is 5.11 Å². The summed E-state index contributed by atoms with van der Waals surface area (Å²) in [5.41, 5.74) is 1.49. The van der Waals surface area contributed by atoms with Crippen molar-refractivity contribution < 1.29 is 9.90 Å². The van der Waals surface area contributed by atoms with Gasteiger partial charge in [0.25, 0.3) is 0 Å². The van der Waals surface area contributed by atoms with Crippen molar-refractivity contribution in [2.45, 2.75) is 13.0 Å². The fourth-order valence-electron chi connectivity index (χ4n) is 1.29. The summed E-state index contributed by atoms with van der Waals surface area (Å²) in [6.07, 6.45) is 1.69. The molecule has 2 aromatic rings. The molecule has 2 N–H and O–H groups in total. The average Bonchev–Trinajstić information content (AvgIpc) is 2.75. The maximum atomic E-state index is 10.5. The van der Waals surface area contributed by atoms with Crippen LogP contribution in [0, 0.1) is 0 Å². The minimum Gasteiger partial charge on any atom is -0.481 e. The van der Waals surface area contributed by atoms with E-state index < -0.39 is 5.97 Å². The van der Waals surface area contributed by atoms with E-state index in [-0.39, 0.29) is 6.42 Å². The number of nitrogens with one attached hydrogen (secondary N) is 1. The SMILES string of the molecule is O=C(O)Cc1csc(NCc2ccccn2)n1. The molecule has 0 saturated carbocycles. The lowest BCUT2D eigenvalue weighted by molar-refractivity contribution is -0.136. The van der Waals surface area contributed by atoms with Gasteiger partial charge in [-0.25, -0.2) is 4.98 Å². The molecule has 0 aromatic carbocycles. The van der Waals surface area contributed by atoms with Gasteiger partial charge < -0.3 is 10.4 Å². The molecule has 0 amide bonds. The molecule has 17 heavy (non-hydrogen) atoms. The van der Waals surface area contributed by atoms with Crippen molar-refractivity contribution in [2.24, 2.45) is 0 Å². The molecule has 0 aliphatic carbocycles. The van der Waals surface area contributed by atoms with Crippen LogP contribution in [0.3, 0.4) is 0 Å². The maximum absolute atomic E-state index is 10.5. The Bertz CT molecular complexity index is 498. The molecule has 6 heteroatoms. The van der Waals surface area contributed by atoms with E-state index in [0.717, 1.165) is 5.69 Å². The maximum Gasteiger partial charge on any atom is 0.309 e. The summed E-state index contributed by atoms with van der Waals surface area (Å²) in [5.74, 6) is -0.869. The van der Waals surface area contributed by atoms with Crippen molar-refractivity contribution in [3.63, 3.8) is 0 Å². The molecule has 2 heterocycles. The lowest BCUT2D eigenvalue weighted by atomic mass is 10.3. The van der Waals surface area contributed by atoms with Gasteiger partial charge in [0, 0.05) is 11.6 Å². The van der Waals surface area contributed by atoms with Crippen molar-refractivity contribution in [1.82, 2.24) is 9.97 Å². The Kier molecular flexibility index (Phi) is 3.66. The summed E-state index contributed by atoms with van der Waals surface area (Å²) in [4.78, 5) is 18.8. The lowest BCUT2D eigenvalue weighted by Crippen LogP contribution is -2.02. The van der Waals surface area contributed by atoms with Crippen LogP contribution in [0.1, 0.15) is 11.4 Å². The predicted octanol–water partition coefficient (Wildman–Crippen LogP) is 1.78. The van der Waals surface area contributed by atoms with Gasteiger partial charge in [-0.15, -0.1) is 11.3 Å². The van der Waals surface area contributed by atoms with Crippen LogP contribution >= 0.6 is 11.3 Å². The summed E-state index contributed by atoms with van der Waals surface area (Å²) in [6, 6.07) is 5.69. The van der Waals surface area contributed by atoms with Crippen molar-refractivity contribution in [3.05, 3.63) is 41.2 Å². The highest BCUT2D eigenvalue weighted by Crippen LogP contribution is 2.16. The summed E-state index contributed by atoms with van der Waals surface area (Å²) >= 11 is 1.40. The molecule has 0 saturated heterocycles. The lowest BCUT2D eigenvalue weighted by Gasteiger charge is -2.00. The van der Waals surface area contributed by atoms with Gasteiger partial charge in [-0.1, -0.05) is 6.07 Å². The Morgan fingerprint density at radius 3 is 3.00 bits per heavy atom. The Labute approximate surface area is 102 Å². The third kappa shape index (κ3) is 3.53. The van der Waals surface area contributed by atoms with E-state index in [0.29, 0.717) is 17.4 Å². The Morgan fingerprint density at radius 2 is 2.29 bits per heavy atom. The van der Waals surface area contributed by atoms with E-state index in [1.807, 2.05) is 18.2 Å². The third-order valence-corrected chi connectivity index (χ3v) is 2.88. The Hall–Kier alpha value is -1.95. The normalized spacial score (nSPS) is 10.1. The van der Waals surface area contributed by atoms with Gasteiger partial charge in [0.1, 0.15) is 0 Å². The second kappa shape index (κ2) is 5.40. The number of thiazole rings is 1. The summed E-state index contributed by atoms with van der Waals surface area (Å²) in [6.45, 7) is 0.584. The fourth-order valence-corrected chi connectivity index (χ4v) is 2.00. The van der Waals surface area contributed by atoms with Gasteiger partial charge in [-0.05, 0) is 12.1 Å². The minimum absolute atomic E-state index is 0.0399. The average molecular weight is 249 g/mol. The number of rotatable bonds is 5. The number of nitrogens with zero attached hydrogens (tertiary/aromatic N) is 2. The van der Waals surface area contributed by atoms with Crippen LogP contribution in [0.4, 0.5) is 5.13 Å². The quantitative estimate of drug-likeness (QED) is 0.844. The molecule has 2 aromatic heterocycles. The third-order valence-electron chi connectivity index (χ3n) is 2.03. The van der Waals surface area contributed by atoms with Crippen LogP contribution in [0.15, 0.2) is 29.8 Å². The minimum atomic E-state index is -0.869. The number of pyridine rings is 1. The first-order chi connectivity index (χ1) is 8.24. The van der Waals surface area contributed by atoms with Crippen LogP contribution in [-0.4, -0.2) is 21.0 Å². The second-order valence-electron chi connectivity index (χ2n) is 3.39. The van der Waals surface area contributed by atoms with Crippen LogP contribution in [0.2, 0.25) is 0 Å². The zero-order valence-electron chi connectivity index (χ0n) is 8.96. The summed E-state index contributed by atoms with van der Waals surface area (Å²) in [7, 11) is 0. The molecule has 0 unspecified atom stereocenters. The number of aliphatic carboxylic acids is 1. The molecule has 88 valence electrons. The highest BCUT2D eigenvalue weighted by Gasteiger charge is 2.05. The Balaban J connectivity index is 1.91. The van der Waals surface area contributed by atoms with Crippen LogP contribution in [-0.2, 0) is 17.8 Å². The van der Waals surface area contributed by atoms with Crippen molar-refractivity contribution in [3.8, 4) is 0 Å². The first-order valence-corrected chi connectivity index (χ1v) is 5.92. The number of anilines is 1. The van der Waals surface area contributed by atoms with Crippen LogP contribution in [0.5, 0.6) is 0 Å². The largest absolute Gasteiger partial charge is 0.481 e. The molecule has 2 rings (SSSR count). The fraction of sp³-hybridized carbons (Fsp3) is 0.182.